The van der Waals surface area contributed by atoms with Crippen molar-refractivity contribution in [3.8, 4) is 0 Å². The van der Waals surface area contributed by atoms with E-state index in [2.05, 4.69) is 17.2 Å². The molecule has 1 rings (SSSR count). The van der Waals surface area contributed by atoms with E-state index in [1.54, 1.807) is 12.1 Å². The molecule has 0 aromatic heterocycles. The van der Waals surface area contributed by atoms with E-state index in [0.29, 0.717) is 65.2 Å². The molecule has 1 aromatic carbocycles. The van der Waals surface area contributed by atoms with Crippen molar-refractivity contribution in [1.29, 1.82) is 0 Å². The highest BCUT2D eigenvalue weighted by Gasteiger charge is 2.01. The highest BCUT2D eigenvalue weighted by Crippen LogP contribution is 2.11. The number of carbonyl (C=O) groups is 1. The number of benzene rings is 1. The Balaban J connectivity index is 1.94. The fourth-order valence-electron chi connectivity index (χ4n) is 2.18. The Morgan fingerprint density at radius 2 is 1.46 bits per heavy atom. The quantitative estimate of drug-likeness (QED) is 0.324. The van der Waals surface area contributed by atoms with Crippen molar-refractivity contribution in [3.05, 3.63) is 42.2 Å². The third-order valence-electron chi connectivity index (χ3n) is 3.51. The molecule has 3 N–H and O–H groups in total. The van der Waals surface area contributed by atoms with E-state index in [1.807, 2.05) is 19.1 Å². The minimum Gasteiger partial charge on any atom is -0.481 e. The zero-order chi connectivity index (χ0) is 20.5. The third kappa shape index (κ3) is 13.1. The second-order valence-electron chi connectivity index (χ2n) is 5.83. The van der Waals surface area contributed by atoms with E-state index in [4.69, 9.17) is 24.1 Å². The maximum atomic E-state index is 10.7. The van der Waals surface area contributed by atoms with Gasteiger partial charge in [0, 0.05) is 18.8 Å². The first-order valence-corrected chi connectivity index (χ1v) is 9.43. The van der Waals surface area contributed by atoms with Crippen LogP contribution in [0, 0.1) is 0 Å². The van der Waals surface area contributed by atoms with Gasteiger partial charge < -0.3 is 34.7 Å². The Bertz CT molecular complexity index is 550. The molecule has 0 spiro atoms. The number of carboxylic acids is 1. The lowest BCUT2D eigenvalue weighted by molar-refractivity contribution is -0.136. The fraction of sp³-hybridized carbons (Fsp3) is 0.550. The molecule has 0 radical (unpaired) electrons. The number of nitrogens with one attached hydrogen (secondary N) is 2. The number of ether oxygens (including phenoxy) is 4. The summed E-state index contributed by atoms with van der Waals surface area (Å²) < 4.78 is 21.4. The van der Waals surface area contributed by atoms with Gasteiger partial charge in [-0.25, -0.2) is 0 Å². The molecule has 0 unspecified atom stereocenters. The Hall–Kier alpha value is -2.13. The molecule has 8 heteroatoms. The second kappa shape index (κ2) is 15.9. The average molecular weight is 396 g/mol. The lowest BCUT2D eigenvalue weighted by Crippen LogP contribution is -2.23. The van der Waals surface area contributed by atoms with Crippen LogP contribution in [0.3, 0.4) is 0 Å². The van der Waals surface area contributed by atoms with Crippen LogP contribution in [0.5, 0.6) is 0 Å². The zero-order valence-corrected chi connectivity index (χ0v) is 16.6. The molecule has 8 nitrogen and oxygen atoms in total. The monoisotopic (exact) mass is 396 g/mol. The van der Waals surface area contributed by atoms with E-state index in [0.717, 1.165) is 11.3 Å². The van der Waals surface area contributed by atoms with E-state index >= 15 is 0 Å². The average Bonchev–Trinajstić information content (AvgIpc) is 2.66. The van der Waals surface area contributed by atoms with Crippen LogP contribution in [0.25, 0.3) is 0 Å². The summed E-state index contributed by atoms with van der Waals surface area (Å²) in [6, 6.07) is 7.19. The molecule has 0 fully saturated rings. The Morgan fingerprint density at radius 1 is 0.929 bits per heavy atom. The van der Waals surface area contributed by atoms with Gasteiger partial charge in [-0.1, -0.05) is 18.7 Å². The predicted octanol–water partition coefficient (Wildman–Crippen LogP) is 1.87. The molecule has 0 atom stereocenters. The molecule has 0 bridgehead atoms. The summed E-state index contributed by atoms with van der Waals surface area (Å²) in [4.78, 5) is 10.7. The van der Waals surface area contributed by atoms with Gasteiger partial charge in [0.15, 0.2) is 0 Å². The van der Waals surface area contributed by atoms with Gasteiger partial charge >= 0.3 is 5.97 Å². The summed E-state index contributed by atoms with van der Waals surface area (Å²) >= 11 is 0. The molecule has 0 aliphatic heterocycles. The predicted molar refractivity (Wildman–Crippen MR) is 107 cm³/mol. The van der Waals surface area contributed by atoms with E-state index in [9.17, 15) is 4.79 Å². The zero-order valence-electron chi connectivity index (χ0n) is 16.6. The van der Waals surface area contributed by atoms with Gasteiger partial charge in [-0.2, -0.15) is 0 Å². The van der Waals surface area contributed by atoms with Gasteiger partial charge in [0.1, 0.15) is 0 Å². The van der Waals surface area contributed by atoms with Crippen LogP contribution in [0.4, 0.5) is 5.69 Å². The van der Waals surface area contributed by atoms with Crippen LogP contribution in [0.1, 0.15) is 12.5 Å². The van der Waals surface area contributed by atoms with Crippen LogP contribution >= 0.6 is 0 Å². The number of carboxylic acid groups (broad SMARTS) is 1. The lowest BCUT2D eigenvalue weighted by atomic mass is 10.1. The van der Waals surface area contributed by atoms with Crippen molar-refractivity contribution in [2.75, 3.05) is 64.7 Å². The smallest absolute Gasteiger partial charge is 0.307 e. The highest BCUT2D eigenvalue weighted by molar-refractivity contribution is 5.70. The molecule has 0 saturated heterocycles. The van der Waals surface area contributed by atoms with Gasteiger partial charge in [0.05, 0.1) is 58.5 Å². The van der Waals surface area contributed by atoms with Crippen molar-refractivity contribution in [2.45, 2.75) is 13.3 Å². The van der Waals surface area contributed by atoms with Gasteiger partial charge in [0.2, 0.25) is 0 Å². The first-order valence-electron chi connectivity index (χ1n) is 9.43. The molecule has 0 heterocycles. The number of aliphatic carboxylic acids is 1. The van der Waals surface area contributed by atoms with E-state index in [1.165, 1.54) is 0 Å². The number of hydrogen-bond donors (Lipinski definition) is 3. The van der Waals surface area contributed by atoms with Gasteiger partial charge in [0.25, 0.3) is 0 Å². The first kappa shape index (κ1) is 23.9. The van der Waals surface area contributed by atoms with Gasteiger partial charge in [-0.3, -0.25) is 4.79 Å². The van der Waals surface area contributed by atoms with Crippen molar-refractivity contribution in [2.24, 2.45) is 0 Å². The SMILES string of the molecule is C=C(NCCOCCOCCOCCOCC)Nc1ccc(CC(=O)O)cc1. The molecule has 158 valence electrons. The molecule has 0 amide bonds. The molecular weight excluding hydrogens is 364 g/mol. The van der Waals surface area contributed by atoms with Gasteiger partial charge in [-0.05, 0) is 24.6 Å². The first-order chi connectivity index (χ1) is 13.6. The summed E-state index contributed by atoms with van der Waals surface area (Å²) in [5.74, 6) is -0.196. The molecule has 0 aliphatic rings. The van der Waals surface area contributed by atoms with Crippen LogP contribution < -0.4 is 10.6 Å². The number of rotatable bonds is 18. The van der Waals surface area contributed by atoms with Crippen LogP contribution in [-0.2, 0) is 30.2 Å². The summed E-state index contributed by atoms with van der Waals surface area (Å²) in [7, 11) is 0. The van der Waals surface area contributed by atoms with Crippen molar-refractivity contribution >= 4 is 11.7 Å². The normalized spacial score (nSPS) is 10.6. The third-order valence-corrected chi connectivity index (χ3v) is 3.51. The largest absolute Gasteiger partial charge is 0.481 e. The summed E-state index contributed by atoms with van der Waals surface area (Å²) in [6.07, 6.45) is 0.0153. The molecule has 28 heavy (non-hydrogen) atoms. The van der Waals surface area contributed by atoms with Crippen molar-refractivity contribution in [3.63, 3.8) is 0 Å². The fourth-order valence-corrected chi connectivity index (χ4v) is 2.18. The second-order valence-corrected chi connectivity index (χ2v) is 5.83. The molecule has 1 aromatic rings. The summed E-state index contributed by atoms with van der Waals surface area (Å²) in [5, 5.41) is 15.0. The van der Waals surface area contributed by atoms with Crippen LogP contribution in [0.2, 0.25) is 0 Å². The Morgan fingerprint density at radius 3 is 2.00 bits per heavy atom. The van der Waals surface area contributed by atoms with E-state index in [-0.39, 0.29) is 6.42 Å². The Labute approximate surface area is 166 Å². The number of hydrogen-bond acceptors (Lipinski definition) is 7. The topological polar surface area (TPSA) is 98.3 Å². The summed E-state index contributed by atoms with van der Waals surface area (Å²) in [6.45, 7) is 11.0. The maximum Gasteiger partial charge on any atom is 0.307 e. The van der Waals surface area contributed by atoms with Crippen molar-refractivity contribution < 1.29 is 28.8 Å². The highest BCUT2D eigenvalue weighted by atomic mass is 16.6. The molecule has 0 saturated carbocycles. The minimum absolute atomic E-state index is 0.0153. The number of anilines is 1. The Kier molecular flexibility index (Phi) is 13.6. The lowest BCUT2D eigenvalue weighted by Gasteiger charge is -2.13. The van der Waals surface area contributed by atoms with Crippen molar-refractivity contribution in [1.82, 2.24) is 5.32 Å². The van der Waals surface area contributed by atoms with Crippen LogP contribution in [0.15, 0.2) is 36.7 Å². The van der Waals surface area contributed by atoms with Gasteiger partial charge in [-0.15, -0.1) is 0 Å². The maximum absolute atomic E-state index is 10.7. The summed E-state index contributed by atoms with van der Waals surface area (Å²) in [5.41, 5.74) is 1.59. The van der Waals surface area contributed by atoms with Crippen LogP contribution in [-0.4, -0.2) is 70.5 Å². The standard InChI is InChI=1S/C20H32N2O6/c1-3-25-10-11-27-14-15-28-13-12-26-9-8-21-17(2)22-19-6-4-18(5-7-19)16-20(23)24/h4-7,21-22H,2-3,8-16H2,1H3,(H,23,24). The minimum atomic E-state index is -0.844. The van der Waals surface area contributed by atoms with E-state index < -0.39 is 5.97 Å². The molecule has 0 aliphatic carbocycles. The molecular formula is C20H32N2O6.